The lowest BCUT2D eigenvalue weighted by Gasteiger charge is -2.31. The first-order chi connectivity index (χ1) is 11.5. The maximum atomic E-state index is 13.7. The molecule has 130 valence electrons. The van der Waals surface area contributed by atoms with Gasteiger partial charge in [0.1, 0.15) is 6.04 Å². The van der Waals surface area contributed by atoms with Crippen LogP contribution in [0.5, 0.6) is 0 Å². The van der Waals surface area contributed by atoms with Crippen molar-refractivity contribution in [2.24, 2.45) is 0 Å². The highest BCUT2D eigenvalue weighted by Crippen LogP contribution is 2.31. The summed E-state index contributed by atoms with van der Waals surface area (Å²) in [5.74, 6) is -2.49. The van der Waals surface area contributed by atoms with Crippen LogP contribution in [-0.4, -0.2) is 30.9 Å². The maximum absolute atomic E-state index is 13.7. The van der Waals surface area contributed by atoms with Crippen molar-refractivity contribution in [1.29, 1.82) is 0 Å². The Morgan fingerprint density at radius 1 is 1.12 bits per heavy atom. The van der Waals surface area contributed by atoms with Crippen LogP contribution in [0.2, 0.25) is 0 Å². The first-order valence-corrected chi connectivity index (χ1v) is 8.39. The third-order valence-electron chi connectivity index (χ3n) is 4.54. The van der Waals surface area contributed by atoms with E-state index in [9.17, 15) is 18.4 Å². The van der Waals surface area contributed by atoms with Crippen LogP contribution in [0.25, 0.3) is 0 Å². The second-order valence-corrected chi connectivity index (χ2v) is 6.33. The molecule has 2 heterocycles. The summed E-state index contributed by atoms with van der Waals surface area (Å²) in [5, 5.41) is 5.29. The van der Waals surface area contributed by atoms with E-state index >= 15 is 0 Å². The molecule has 1 aromatic carbocycles. The Kier molecular flexibility index (Phi) is 4.97. The van der Waals surface area contributed by atoms with E-state index in [1.165, 1.54) is 0 Å². The summed E-state index contributed by atoms with van der Waals surface area (Å²) in [6.45, 7) is 1.49. The van der Waals surface area contributed by atoms with E-state index in [0.29, 0.717) is 24.9 Å². The molecule has 2 N–H and O–H groups in total. The monoisotopic (exact) mass is 337 g/mol. The van der Waals surface area contributed by atoms with E-state index in [4.69, 9.17) is 0 Å². The lowest BCUT2D eigenvalue weighted by atomic mass is 10.0. The molecule has 0 spiro atoms. The highest BCUT2D eigenvalue weighted by molar-refractivity contribution is 6.00. The minimum absolute atomic E-state index is 0.164. The Balaban J connectivity index is 1.81. The van der Waals surface area contributed by atoms with Crippen molar-refractivity contribution in [3.05, 3.63) is 23.8 Å². The highest BCUT2D eigenvalue weighted by Gasteiger charge is 2.26. The number of carbonyl (C=O) groups excluding carboxylic acids is 2. The number of benzene rings is 1. The molecule has 0 unspecified atom stereocenters. The summed E-state index contributed by atoms with van der Waals surface area (Å²) in [6, 6.07) is 1.52. The van der Waals surface area contributed by atoms with E-state index in [1.54, 1.807) is 0 Å². The van der Waals surface area contributed by atoms with Crippen LogP contribution >= 0.6 is 0 Å². The van der Waals surface area contributed by atoms with Crippen molar-refractivity contribution in [2.45, 2.75) is 44.6 Å². The molecule has 2 saturated heterocycles. The Morgan fingerprint density at radius 3 is 2.54 bits per heavy atom. The average Bonchev–Trinajstić information content (AvgIpc) is 2.58. The fourth-order valence-corrected chi connectivity index (χ4v) is 3.25. The molecule has 2 amide bonds. The molecule has 2 fully saturated rings. The van der Waals surface area contributed by atoms with Crippen molar-refractivity contribution in [3.8, 4) is 0 Å². The summed E-state index contributed by atoms with van der Waals surface area (Å²) >= 11 is 0. The Bertz CT molecular complexity index is 645. The number of hydrogen-bond acceptors (Lipinski definition) is 3. The summed E-state index contributed by atoms with van der Waals surface area (Å²) in [6.07, 6.45) is 4.65. The lowest BCUT2D eigenvalue weighted by molar-refractivity contribution is -0.128. The Hall–Kier alpha value is -2.18. The zero-order chi connectivity index (χ0) is 17.1. The summed E-state index contributed by atoms with van der Waals surface area (Å²) in [5.41, 5.74) is 0.740. The molecule has 2 aliphatic rings. The second kappa shape index (κ2) is 7.15. The van der Waals surface area contributed by atoms with E-state index in [-0.39, 0.29) is 11.6 Å². The Labute approximate surface area is 139 Å². The van der Waals surface area contributed by atoms with E-state index in [2.05, 4.69) is 10.6 Å². The molecule has 0 bridgehead atoms. The molecule has 1 aromatic rings. The third-order valence-corrected chi connectivity index (χ3v) is 4.54. The van der Waals surface area contributed by atoms with Crippen molar-refractivity contribution < 1.29 is 18.4 Å². The predicted octanol–water partition coefficient (Wildman–Crippen LogP) is 2.56. The molecular weight excluding hydrogens is 316 g/mol. The number of piperidine rings is 2. The van der Waals surface area contributed by atoms with Crippen LogP contribution < -0.4 is 15.5 Å². The maximum Gasteiger partial charge on any atom is 0.247 e. The summed E-state index contributed by atoms with van der Waals surface area (Å²) < 4.78 is 27.4. The minimum atomic E-state index is -1.00. The molecular formula is C17H21F2N3O2. The van der Waals surface area contributed by atoms with Crippen LogP contribution in [0.3, 0.4) is 0 Å². The summed E-state index contributed by atoms with van der Waals surface area (Å²) in [7, 11) is 0. The molecule has 0 aromatic heterocycles. The van der Waals surface area contributed by atoms with Crippen molar-refractivity contribution in [2.75, 3.05) is 23.3 Å². The predicted molar refractivity (Wildman–Crippen MR) is 86.8 cm³/mol. The van der Waals surface area contributed by atoms with Gasteiger partial charge in [0, 0.05) is 31.6 Å². The Morgan fingerprint density at radius 2 is 1.83 bits per heavy atom. The van der Waals surface area contributed by atoms with Crippen LogP contribution in [0.1, 0.15) is 38.5 Å². The van der Waals surface area contributed by atoms with Gasteiger partial charge in [0.15, 0.2) is 11.6 Å². The van der Waals surface area contributed by atoms with Gasteiger partial charge in [-0.25, -0.2) is 8.78 Å². The number of halogens is 2. The number of carbonyl (C=O) groups is 2. The average molecular weight is 337 g/mol. The van der Waals surface area contributed by atoms with Crippen LogP contribution in [-0.2, 0) is 9.59 Å². The fourth-order valence-electron chi connectivity index (χ4n) is 3.25. The second-order valence-electron chi connectivity index (χ2n) is 6.33. The first kappa shape index (κ1) is 16.7. The number of nitrogens with one attached hydrogen (secondary N) is 2. The lowest BCUT2D eigenvalue weighted by Crippen LogP contribution is -2.46. The van der Waals surface area contributed by atoms with Crippen molar-refractivity contribution >= 4 is 23.2 Å². The molecule has 24 heavy (non-hydrogen) atoms. The number of amides is 2. The SMILES string of the molecule is O=C1CCC[C@H](C(=O)Nc2cc(F)c(F)cc2N2CCCCC2)N1. The van der Waals surface area contributed by atoms with E-state index in [0.717, 1.165) is 44.5 Å². The first-order valence-electron chi connectivity index (χ1n) is 8.39. The number of rotatable bonds is 3. The third kappa shape index (κ3) is 3.66. The van der Waals surface area contributed by atoms with Gasteiger partial charge in [-0.3, -0.25) is 9.59 Å². The molecule has 0 radical (unpaired) electrons. The van der Waals surface area contributed by atoms with E-state index in [1.807, 2.05) is 4.90 Å². The molecule has 0 aliphatic carbocycles. The molecule has 7 heteroatoms. The molecule has 3 rings (SSSR count). The van der Waals surface area contributed by atoms with E-state index < -0.39 is 23.6 Å². The standard InChI is InChI=1S/C17H21F2N3O2/c18-11-9-14(21-17(24)13-5-4-6-16(23)20-13)15(10-12(11)19)22-7-2-1-3-8-22/h9-10,13H,1-8H2,(H,20,23)(H,21,24)/t13-/m1/s1. The minimum Gasteiger partial charge on any atom is -0.370 e. The van der Waals surface area contributed by atoms with Gasteiger partial charge in [0.2, 0.25) is 11.8 Å². The largest absolute Gasteiger partial charge is 0.370 e. The number of anilines is 2. The fraction of sp³-hybridized carbons (Fsp3) is 0.529. The van der Waals surface area contributed by atoms with Crippen LogP contribution in [0, 0.1) is 11.6 Å². The van der Waals surface area contributed by atoms with Gasteiger partial charge in [-0.15, -0.1) is 0 Å². The van der Waals surface area contributed by atoms with Crippen LogP contribution in [0.15, 0.2) is 12.1 Å². The number of hydrogen-bond donors (Lipinski definition) is 2. The quantitative estimate of drug-likeness (QED) is 0.891. The zero-order valence-electron chi connectivity index (χ0n) is 13.4. The molecule has 0 saturated carbocycles. The molecule has 1 atom stereocenters. The summed E-state index contributed by atoms with van der Waals surface area (Å²) in [4.78, 5) is 25.8. The van der Waals surface area contributed by atoms with Gasteiger partial charge < -0.3 is 15.5 Å². The van der Waals surface area contributed by atoms with Gasteiger partial charge in [0.25, 0.3) is 0 Å². The van der Waals surface area contributed by atoms with Gasteiger partial charge in [-0.05, 0) is 32.1 Å². The van der Waals surface area contributed by atoms with Gasteiger partial charge in [0.05, 0.1) is 11.4 Å². The number of nitrogens with zero attached hydrogens (tertiary/aromatic N) is 1. The van der Waals surface area contributed by atoms with Crippen LogP contribution in [0.4, 0.5) is 20.2 Å². The zero-order valence-corrected chi connectivity index (χ0v) is 13.4. The van der Waals surface area contributed by atoms with Crippen molar-refractivity contribution in [3.63, 3.8) is 0 Å². The van der Waals surface area contributed by atoms with Gasteiger partial charge in [-0.2, -0.15) is 0 Å². The van der Waals surface area contributed by atoms with Gasteiger partial charge in [-0.1, -0.05) is 0 Å². The van der Waals surface area contributed by atoms with Crippen molar-refractivity contribution in [1.82, 2.24) is 5.32 Å². The topological polar surface area (TPSA) is 61.4 Å². The van der Waals surface area contributed by atoms with Gasteiger partial charge >= 0.3 is 0 Å². The smallest absolute Gasteiger partial charge is 0.247 e. The highest BCUT2D eigenvalue weighted by atomic mass is 19.2. The molecule has 5 nitrogen and oxygen atoms in total. The normalized spacial score (nSPS) is 21.3. The molecule has 2 aliphatic heterocycles.